The van der Waals surface area contributed by atoms with Crippen LogP contribution in [0.5, 0.6) is 0 Å². The Bertz CT molecular complexity index is 962. The van der Waals surface area contributed by atoms with E-state index >= 15 is 0 Å². The van der Waals surface area contributed by atoms with Crippen molar-refractivity contribution in [2.45, 2.75) is 51.3 Å². The lowest BCUT2D eigenvalue weighted by Crippen LogP contribution is -2.29. The molecule has 11 heteroatoms. The number of alkyl halides is 3. The molecular formula is C18H18ClF3N4O3. The summed E-state index contributed by atoms with van der Waals surface area (Å²) < 4.78 is 44.4. The van der Waals surface area contributed by atoms with Crippen LogP contribution in [0.1, 0.15) is 61.1 Å². The third-order valence-electron chi connectivity index (χ3n) is 4.00. The summed E-state index contributed by atoms with van der Waals surface area (Å²) in [5, 5.41) is 5.92. The van der Waals surface area contributed by atoms with E-state index in [0.29, 0.717) is 11.6 Å². The molecule has 0 aromatic carbocycles. The molecule has 1 saturated carbocycles. The molecule has 1 fully saturated rings. The highest BCUT2D eigenvalue weighted by atomic mass is 35.5. The Balaban J connectivity index is 1.90. The van der Waals surface area contributed by atoms with E-state index in [1.807, 2.05) is 0 Å². The van der Waals surface area contributed by atoms with Gasteiger partial charge in [0, 0.05) is 5.56 Å². The van der Waals surface area contributed by atoms with Gasteiger partial charge >= 0.3 is 12.3 Å². The number of hydrogen-bond donors (Lipinski definition) is 1. The number of amides is 1. The molecule has 156 valence electrons. The van der Waals surface area contributed by atoms with Gasteiger partial charge in [0.05, 0.1) is 11.8 Å². The number of aromatic nitrogens is 3. The average molecular weight is 431 g/mol. The first-order valence-electron chi connectivity index (χ1n) is 8.73. The minimum absolute atomic E-state index is 0.0997. The van der Waals surface area contributed by atoms with Crippen LogP contribution in [0.15, 0.2) is 18.3 Å². The number of nitrogens with zero attached hydrogens (tertiary/aromatic N) is 3. The van der Waals surface area contributed by atoms with Crippen molar-refractivity contribution < 1.29 is 27.5 Å². The largest absolute Gasteiger partial charge is 0.442 e. The van der Waals surface area contributed by atoms with Gasteiger partial charge in [0.15, 0.2) is 0 Å². The van der Waals surface area contributed by atoms with Crippen LogP contribution in [0, 0.1) is 0 Å². The van der Waals surface area contributed by atoms with E-state index in [1.165, 1.54) is 6.20 Å². The summed E-state index contributed by atoms with van der Waals surface area (Å²) in [6.07, 6.45) is -2.29. The maximum Gasteiger partial charge on any atom is 0.437 e. The first-order valence-corrected chi connectivity index (χ1v) is 9.11. The monoisotopic (exact) mass is 430 g/mol. The second kappa shape index (κ2) is 7.33. The lowest BCUT2D eigenvalue weighted by molar-refractivity contribution is -0.141. The number of hydrogen-bond acceptors (Lipinski definition) is 5. The Hall–Kier alpha value is -2.62. The minimum Gasteiger partial charge on any atom is -0.442 e. The van der Waals surface area contributed by atoms with Crippen LogP contribution in [0.3, 0.4) is 0 Å². The summed E-state index contributed by atoms with van der Waals surface area (Å²) in [6.45, 7) is 5.05. The molecule has 0 bridgehead atoms. The summed E-state index contributed by atoms with van der Waals surface area (Å²) in [5.74, 6) is -0.589. The molecule has 29 heavy (non-hydrogen) atoms. The molecule has 7 nitrogen and oxygen atoms in total. The van der Waals surface area contributed by atoms with E-state index in [0.717, 1.165) is 23.6 Å². The molecule has 1 N–H and O–H groups in total. The molecular weight excluding hydrogens is 413 g/mol. The van der Waals surface area contributed by atoms with Crippen LogP contribution in [0.4, 0.5) is 23.8 Å². The van der Waals surface area contributed by atoms with Crippen molar-refractivity contribution in [3.63, 3.8) is 0 Å². The zero-order valence-corrected chi connectivity index (χ0v) is 16.6. The number of nitrogens with one attached hydrogen (secondary N) is 1. The quantitative estimate of drug-likeness (QED) is 0.702. The summed E-state index contributed by atoms with van der Waals surface area (Å²) in [4.78, 5) is 28.3. The Morgan fingerprint density at radius 2 is 1.90 bits per heavy atom. The number of rotatable bonds is 3. The maximum absolute atomic E-state index is 12.7. The van der Waals surface area contributed by atoms with Gasteiger partial charge in [-0.1, -0.05) is 11.6 Å². The predicted octanol–water partition coefficient (Wildman–Crippen LogP) is 4.86. The van der Waals surface area contributed by atoms with Gasteiger partial charge in [0.2, 0.25) is 0 Å². The maximum atomic E-state index is 12.7. The predicted molar refractivity (Wildman–Crippen MR) is 98.0 cm³/mol. The molecule has 0 radical (unpaired) electrons. The van der Waals surface area contributed by atoms with Crippen molar-refractivity contribution in [2.24, 2.45) is 0 Å². The minimum atomic E-state index is -4.69. The fourth-order valence-electron chi connectivity index (χ4n) is 2.56. The van der Waals surface area contributed by atoms with E-state index in [9.17, 15) is 22.8 Å². The fraction of sp³-hybridized carbons (Fsp3) is 0.444. The van der Waals surface area contributed by atoms with Crippen molar-refractivity contribution >= 4 is 29.4 Å². The number of anilines is 1. The third kappa shape index (κ3) is 4.87. The highest BCUT2D eigenvalue weighted by Crippen LogP contribution is 2.43. The average Bonchev–Trinajstić information content (AvgIpc) is 3.33. The molecule has 0 aliphatic heterocycles. The fourth-order valence-corrected chi connectivity index (χ4v) is 2.80. The second-order valence-corrected chi connectivity index (χ2v) is 7.96. The van der Waals surface area contributed by atoms with E-state index < -0.39 is 34.6 Å². The molecule has 0 saturated heterocycles. The molecule has 2 aromatic rings. The normalized spacial score (nSPS) is 14.6. The lowest BCUT2D eigenvalue weighted by Gasteiger charge is -2.20. The van der Waals surface area contributed by atoms with Crippen LogP contribution < -0.4 is 5.32 Å². The zero-order chi connectivity index (χ0) is 21.6. The van der Waals surface area contributed by atoms with Crippen LogP contribution in [0.2, 0.25) is 5.15 Å². The smallest absolute Gasteiger partial charge is 0.437 e. The molecule has 0 spiro atoms. The Morgan fingerprint density at radius 3 is 2.41 bits per heavy atom. The molecule has 2 aromatic heterocycles. The van der Waals surface area contributed by atoms with Gasteiger partial charge in [-0.05, 0) is 51.7 Å². The van der Waals surface area contributed by atoms with Gasteiger partial charge in [-0.2, -0.15) is 18.3 Å². The van der Waals surface area contributed by atoms with Gasteiger partial charge in [-0.25, -0.2) is 9.78 Å². The molecule has 0 atom stereocenters. The summed E-state index contributed by atoms with van der Waals surface area (Å²) in [7, 11) is 0. The summed E-state index contributed by atoms with van der Waals surface area (Å²) in [6, 6.07) is 1.59. The Labute approximate surface area is 169 Å². The number of halogens is 4. The summed E-state index contributed by atoms with van der Waals surface area (Å²) >= 11 is 5.79. The molecule has 2 heterocycles. The van der Waals surface area contributed by atoms with E-state index in [4.69, 9.17) is 16.3 Å². The van der Waals surface area contributed by atoms with Crippen molar-refractivity contribution in [1.29, 1.82) is 0 Å². The summed E-state index contributed by atoms with van der Waals surface area (Å²) in [5.41, 5.74) is -1.62. The SMILES string of the molecule is CC(C)(C)OC(=O)n1ncc(C2CC2)c1NC(=O)c1ccc(C(F)(F)F)nc1Cl. The number of ether oxygens (including phenoxy) is 1. The molecule has 3 rings (SSSR count). The van der Waals surface area contributed by atoms with Crippen LogP contribution in [-0.2, 0) is 10.9 Å². The highest BCUT2D eigenvalue weighted by Gasteiger charge is 2.35. The number of carbonyl (C=O) groups is 2. The Morgan fingerprint density at radius 1 is 1.24 bits per heavy atom. The van der Waals surface area contributed by atoms with E-state index in [1.54, 1.807) is 20.8 Å². The molecule has 1 aliphatic rings. The molecule has 1 aliphatic carbocycles. The van der Waals surface area contributed by atoms with Gasteiger partial charge in [-0.3, -0.25) is 4.79 Å². The van der Waals surface area contributed by atoms with Crippen LogP contribution in [-0.4, -0.2) is 32.4 Å². The van der Waals surface area contributed by atoms with Crippen LogP contribution in [0.25, 0.3) is 0 Å². The topological polar surface area (TPSA) is 86.1 Å². The molecule has 1 amide bonds. The van der Waals surface area contributed by atoms with Crippen molar-refractivity contribution in [1.82, 2.24) is 14.8 Å². The standard InChI is InChI=1S/C18H18ClF3N4O3/c1-17(2,3)29-16(28)26-14(11(8-23-26)9-4-5-9)25-15(27)10-6-7-12(18(20,21)22)24-13(10)19/h6-9H,4-5H2,1-3H3,(H,25,27). The first-order chi connectivity index (χ1) is 13.4. The van der Waals surface area contributed by atoms with E-state index in [-0.39, 0.29) is 17.3 Å². The van der Waals surface area contributed by atoms with Gasteiger partial charge in [0.1, 0.15) is 22.3 Å². The molecule has 0 unspecified atom stereocenters. The number of carbonyl (C=O) groups excluding carboxylic acids is 2. The van der Waals surface area contributed by atoms with Crippen molar-refractivity contribution in [3.05, 3.63) is 40.3 Å². The van der Waals surface area contributed by atoms with Crippen LogP contribution >= 0.6 is 11.6 Å². The number of pyridine rings is 1. The van der Waals surface area contributed by atoms with Gasteiger partial charge in [-0.15, -0.1) is 4.68 Å². The van der Waals surface area contributed by atoms with Crippen molar-refractivity contribution in [2.75, 3.05) is 5.32 Å². The second-order valence-electron chi connectivity index (χ2n) is 7.60. The lowest BCUT2D eigenvalue weighted by atomic mass is 10.2. The Kier molecular flexibility index (Phi) is 5.33. The van der Waals surface area contributed by atoms with Gasteiger partial charge < -0.3 is 10.1 Å². The van der Waals surface area contributed by atoms with E-state index in [2.05, 4.69) is 15.4 Å². The third-order valence-corrected chi connectivity index (χ3v) is 4.28. The van der Waals surface area contributed by atoms with Gasteiger partial charge in [0.25, 0.3) is 5.91 Å². The first kappa shape index (κ1) is 21.1. The highest BCUT2D eigenvalue weighted by molar-refractivity contribution is 6.33. The van der Waals surface area contributed by atoms with Crippen molar-refractivity contribution in [3.8, 4) is 0 Å². The zero-order valence-electron chi connectivity index (χ0n) is 15.8.